The molecule has 0 unspecified atom stereocenters. The summed E-state index contributed by atoms with van der Waals surface area (Å²) in [5.41, 5.74) is 8.13. The van der Waals surface area contributed by atoms with Crippen molar-refractivity contribution in [1.82, 2.24) is 4.72 Å². The van der Waals surface area contributed by atoms with Crippen LogP contribution in [-0.4, -0.2) is 21.5 Å². The summed E-state index contributed by atoms with van der Waals surface area (Å²) in [5.74, 6) is -0.354. The molecule has 2 aromatic rings. The van der Waals surface area contributed by atoms with Gasteiger partial charge in [0.15, 0.2) is 0 Å². The van der Waals surface area contributed by atoms with Crippen LogP contribution in [0.15, 0.2) is 47.4 Å². The molecule has 0 aliphatic carbocycles. The highest BCUT2D eigenvalue weighted by atomic mass is 32.2. The summed E-state index contributed by atoms with van der Waals surface area (Å²) in [4.78, 5) is 2.33. The largest absolute Gasteiger partial charge is 0.397 e. The first-order valence-corrected chi connectivity index (χ1v) is 9.82. The summed E-state index contributed by atoms with van der Waals surface area (Å²) in [6, 6.07) is 10.5. The van der Waals surface area contributed by atoms with Gasteiger partial charge in [-0.25, -0.2) is 17.5 Å². The van der Waals surface area contributed by atoms with Gasteiger partial charge in [0.05, 0.1) is 16.3 Å². The van der Waals surface area contributed by atoms with Crippen LogP contribution in [0.2, 0.25) is 0 Å². The number of sulfonamides is 1. The highest BCUT2D eigenvalue weighted by molar-refractivity contribution is 7.89. The zero-order valence-corrected chi connectivity index (χ0v) is 14.7. The molecule has 0 radical (unpaired) electrons. The van der Waals surface area contributed by atoms with Gasteiger partial charge in [0.25, 0.3) is 0 Å². The Bertz CT molecular complexity index is 832. The predicted molar refractivity (Wildman–Crippen MR) is 97.3 cm³/mol. The van der Waals surface area contributed by atoms with E-state index in [1.165, 1.54) is 24.6 Å². The molecule has 0 atom stereocenters. The van der Waals surface area contributed by atoms with Crippen molar-refractivity contribution in [2.24, 2.45) is 0 Å². The molecular weight excluding hydrogens is 341 g/mol. The van der Waals surface area contributed by atoms with Gasteiger partial charge in [-0.15, -0.1) is 0 Å². The Labute approximate surface area is 147 Å². The van der Waals surface area contributed by atoms with Crippen LogP contribution in [-0.2, 0) is 16.6 Å². The first kappa shape index (κ1) is 17.7. The number of hydrogen-bond acceptors (Lipinski definition) is 4. The van der Waals surface area contributed by atoms with Crippen LogP contribution in [0.25, 0.3) is 0 Å². The molecule has 25 heavy (non-hydrogen) atoms. The van der Waals surface area contributed by atoms with Gasteiger partial charge >= 0.3 is 0 Å². The van der Waals surface area contributed by atoms with Crippen LogP contribution in [0.5, 0.6) is 0 Å². The summed E-state index contributed by atoms with van der Waals surface area (Å²) >= 11 is 0. The zero-order chi connectivity index (χ0) is 17.9. The van der Waals surface area contributed by atoms with Gasteiger partial charge in [-0.05, 0) is 55.2 Å². The molecule has 2 aromatic carbocycles. The van der Waals surface area contributed by atoms with Crippen molar-refractivity contribution in [3.05, 3.63) is 53.8 Å². The van der Waals surface area contributed by atoms with E-state index in [1.807, 2.05) is 0 Å². The molecule has 0 spiro atoms. The monoisotopic (exact) mass is 363 g/mol. The average molecular weight is 363 g/mol. The first-order chi connectivity index (χ1) is 12.0. The molecule has 3 rings (SSSR count). The van der Waals surface area contributed by atoms with E-state index in [1.54, 1.807) is 24.3 Å². The fourth-order valence-corrected chi connectivity index (χ4v) is 4.04. The van der Waals surface area contributed by atoms with Crippen LogP contribution in [0.4, 0.5) is 15.8 Å². The molecule has 5 nitrogen and oxygen atoms in total. The van der Waals surface area contributed by atoms with Crippen molar-refractivity contribution in [3.63, 3.8) is 0 Å². The number of benzene rings is 2. The Hall–Kier alpha value is -2.12. The van der Waals surface area contributed by atoms with E-state index in [2.05, 4.69) is 9.62 Å². The number of rotatable bonds is 5. The number of hydrogen-bond donors (Lipinski definition) is 2. The van der Waals surface area contributed by atoms with E-state index in [-0.39, 0.29) is 17.3 Å². The number of piperidine rings is 1. The minimum absolute atomic E-state index is 0.0936. The number of nitrogens with two attached hydrogens (primary N) is 1. The highest BCUT2D eigenvalue weighted by Crippen LogP contribution is 2.28. The number of halogens is 1. The maximum Gasteiger partial charge on any atom is 0.240 e. The maximum atomic E-state index is 12.9. The minimum Gasteiger partial charge on any atom is -0.397 e. The van der Waals surface area contributed by atoms with Crippen molar-refractivity contribution >= 4 is 21.4 Å². The maximum absolute atomic E-state index is 12.9. The number of nitrogen functional groups attached to an aromatic ring is 1. The summed E-state index contributed by atoms with van der Waals surface area (Å²) in [6.07, 6.45) is 3.47. The van der Waals surface area contributed by atoms with Crippen molar-refractivity contribution in [2.45, 2.75) is 30.7 Å². The second-order valence-corrected chi connectivity index (χ2v) is 7.99. The van der Waals surface area contributed by atoms with E-state index in [9.17, 15) is 12.8 Å². The second-order valence-electron chi connectivity index (χ2n) is 6.22. The zero-order valence-electron chi connectivity index (χ0n) is 13.9. The number of nitrogens with one attached hydrogen (secondary N) is 1. The van der Waals surface area contributed by atoms with Crippen LogP contribution in [0.1, 0.15) is 24.8 Å². The van der Waals surface area contributed by atoms with E-state index >= 15 is 0 Å². The number of anilines is 2. The third kappa shape index (κ3) is 4.29. The van der Waals surface area contributed by atoms with E-state index in [4.69, 9.17) is 5.73 Å². The molecule has 7 heteroatoms. The van der Waals surface area contributed by atoms with Gasteiger partial charge in [-0.2, -0.15) is 0 Å². The smallest absolute Gasteiger partial charge is 0.240 e. The van der Waals surface area contributed by atoms with Crippen LogP contribution >= 0.6 is 0 Å². The molecule has 1 saturated heterocycles. The van der Waals surface area contributed by atoms with Gasteiger partial charge in [-0.1, -0.05) is 12.1 Å². The first-order valence-electron chi connectivity index (χ1n) is 8.34. The SMILES string of the molecule is Nc1cc(S(=O)(=O)NCc2ccc(F)cc2)ccc1N1CCCCC1. The van der Waals surface area contributed by atoms with Crippen molar-refractivity contribution in [2.75, 3.05) is 23.7 Å². The molecule has 1 heterocycles. The lowest BCUT2D eigenvalue weighted by Gasteiger charge is -2.30. The summed E-state index contributed by atoms with van der Waals surface area (Å²) in [5, 5.41) is 0. The van der Waals surface area contributed by atoms with Crippen molar-refractivity contribution < 1.29 is 12.8 Å². The Morgan fingerprint density at radius 2 is 1.72 bits per heavy atom. The Morgan fingerprint density at radius 3 is 2.36 bits per heavy atom. The minimum atomic E-state index is -3.68. The predicted octanol–water partition coefficient (Wildman–Crippen LogP) is 2.88. The molecule has 1 aliphatic rings. The van der Waals surface area contributed by atoms with Crippen LogP contribution in [0, 0.1) is 5.82 Å². The van der Waals surface area contributed by atoms with Crippen LogP contribution < -0.4 is 15.4 Å². The average Bonchev–Trinajstić information content (AvgIpc) is 2.62. The van der Waals surface area contributed by atoms with Gasteiger partial charge in [0.2, 0.25) is 10.0 Å². The van der Waals surface area contributed by atoms with Crippen molar-refractivity contribution in [3.8, 4) is 0 Å². The Balaban J connectivity index is 1.73. The van der Waals surface area contributed by atoms with Crippen molar-refractivity contribution in [1.29, 1.82) is 0 Å². The molecule has 0 aromatic heterocycles. The standard InChI is InChI=1S/C18H22FN3O2S/c19-15-6-4-14(5-7-15)13-21-25(23,24)16-8-9-18(17(20)12-16)22-10-2-1-3-11-22/h4-9,12,21H,1-3,10-11,13,20H2. The lowest BCUT2D eigenvalue weighted by Crippen LogP contribution is -2.30. The summed E-state index contributed by atoms with van der Waals surface area (Å²) in [6.45, 7) is 1.98. The molecule has 1 aliphatic heterocycles. The fraction of sp³-hybridized carbons (Fsp3) is 0.333. The lowest BCUT2D eigenvalue weighted by atomic mass is 10.1. The Kier molecular flexibility index (Phi) is 5.24. The summed E-state index contributed by atoms with van der Waals surface area (Å²) in [7, 11) is -3.68. The molecule has 0 saturated carbocycles. The summed E-state index contributed by atoms with van der Waals surface area (Å²) < 4.78 is 40.3. The quantitative estimate of drug-likeness (QED) is 0.801. The molecule has 3 N–H and O–H groups in total. The van der Waals surface area contributed by atoms with E-state index < -0.39 is 10.0 Å². The fourth-order valence-electron chi connectivity index (χ4n) is 2.99. The molecule has 0 amide bonds. The van der Waals surface area contributed by atoms with Gasteiger partial charge < -0.3 is 10.6 Å². The lowest BCUT2D eigenvalue weighted by molar-refractivity contribution is 0.577. The van der Waals surface area contributed by atoms with Crippen LogP contribution in [0.3, 0.4) is 0 Å². The molecule has 1 fully saturated rings. The third-order valence-corrected chi connectivity index (χ3v) is 5.78. The highest BCUT2D eigenvalue weighted by Gasteiger charge is 2.18. The molecular formula is C18H22FN3O2S. The van der Waals surface area contributed by atoms with Gasteiger partial charge in [0.1, 0.15) is 5.82 Å². The topological polar surface area (TPSA) is 75.4 Å². The van der Waals surface area contributed by atoms with E-state index in [0.717, 1.165) is 31.6 Å². The molecule has 134 valence electrons. The number of nitrogens with zero attached hydrogens (tertiary/aromatic N) is 1. The third-order valence-electron chi connectivity index (χ3n) is 4.39. The Morgan fingerprint density at radius 1 is 1.04 bits per heavy atom. The van der Waals surface area contributed by atoms with Gasteiger partial charge in [0, 0.05) is 19.6 Å². The van der Waals surface area contributed by atoms with E-state index in [0.29, 0.717) is 11.3 Å². The second kappa shape index (κ2) is 7.41. The van der Waals surface area contributed by atoms with Gasteiger partial charge in [-0.3, -0.25) is 0 Å². The molecule has 0 bridgehead atoms. The normalized spacial score (nSPS) is 15.3.